The Balaban J connectivity index is 2.96. The number of terminal acetylenes is 1. The van der Waals surface area contributed by atoms with Crippen molar-refractivity contribution in [2.45, 2.75) is 19.6 Å². The van der Waals surface area contributed by atoms with Crippen LogP contribution in [0.5, 0.6) is 11.5 Å². The van der Waals surface area contributed by atoms with Gasteiger partial charge in [0.25, 0.3) is 5.91 Å². The molecule has 0 saturated heterocycles. The van der Waals surface area contributed by atoms with Gasteiger partial charge in [0, 0.05) is 23.2 Å². The van der Waals surface area contributed by atoms with E-state index in [0.29, 0.717) is 22.1 Å². The maximum absolute atomic E-state index is 11.7. The number of methoxy groups -OCH3 is 1. The van der Waals surface area contributed by atoms with Crippen LogP contribution in [-0.4, -0.2) is 25.7 Å². The van der Waals surface area contributed by atoms with Crippen molar-refractivity contribution in [2.75, 3.05) is 13.7 Å². The summed E-state index contributed by atoms with van der Waals surface area (Å²) in [5.41, 5.74) is 6.31. The van der Waals surface area contributed by atoms with Crippen molar-refractivity contribution in [3.05, 3.63) is 22.7 Å². The molecule has 3 N–H and O–H groups in total. The number of nitrogens with one attached hydrogen (secondary N) is 1. The lowest BCUT2D eigenvalue weighted by Crippen LogP contribution is -2.36. The lowest BCUT2D eigenvalue weighted by Gasteiger charge is -2.19. The Kier molecular flexibility index (Phi) is 6.16. The molecule has 0 spiro atoms. The molecule has 1 rings (SSSR count). The number of halogens is 1. The Bertz CT molecular complexity index is 501. The van der Waals surface area contributed by atoms with Crippen molar-refractivity contribution in [3.8, 4) is 23.8 Å². The molecule has 0 aliphatic rings. The SMILES string of the molecule is C#CCNC(=O)C(C)Oc1c(CN)cc(Cl)cc1OC. The fourth-order valence-corrected chi connectivity index (χ4v) is 1.80. The lowest BCUT2D eigenvalue weighted by molar-refractivity contribution is -0.127. The number of rotatable bonds is 6. The van der Waals surface area contributed by atoms with Gasteiger partial charge in [-0.1, -0.05) is 17.5 Å². The molecule has 0 saturated carbocycles. The molecule has 5 nitrogen and oxygen atoms in total. The van der Waals surface area contributed by atoms with Gasteiger partial charge in [-0.25, -0.2) is 0 Å². The fraction of sp³-hybridized carbons (Fsp3) is 0.357. The van der Waals surface area contributed by atoms with E-state index < -0.39 is 6.10 Å². The van der Waals surface area contributed by atoms with Gasteiger partial charge in [-0.3, -0.25) is 4.79 Å². The first kappa shape index (κ1) is 16.2. The quantitative estimate of drug-likeness (QED) is 0.777. The molecular weight excluding hydrogens is 280 g/mol. The molecule has 1 amide bonds. The summed E-state index contributed by atoms with van der Waals surface area (Å²) in [5, 5.41) is 3.03. The first-order chi connectivity index (χ1) is 9.53. The average Bonchev–Trinajstić information content (AvgIpc) is 2.45. The van der Waals surface area contributed by atoms with Crippen LogP contribution >= 0.6 is 11.6 Å². The van der Waals surface area contributed by atoms with Crippen LogP contribution in [-0.2, 0) is 11.3 Å². The molecule has 0 aliphatic heterocycles. The van der Waals surface area contributed by atoms with Crippen LogP contribution in [0.2, 0.25) is 5.02 Å². The normalized spacial score (nSPS) is 11.3. The maximum Gasteiger partial charge on any atom is 0.261 e. The van der Waals surface area contributed by atoms with Crippen molar-refractivity contribution in [3.63, 3.8) is 0 Å². The third kappa shape index (κ3) is 4.05. The number of nitrogens with two attached hydrogens (primary N) is 1. The zero-order valence-corrected chi connectivity index (χ0v) is 12.2. The summed E-state index contributed by atoms with van der Waals surface area (Å²) in [5.74, 6) is 2.83. The maximum atomic E-state index is 11.7. The summed E-state index contributed by atoms with van der Waals surface area (Å²) in [6.07, 6.45) is 4.35. The number of carbonyl (C=O) groups is 1. The Morgan fingerprint density at radius 3 is 2.85 bits per heavy atom. The molecular formula is C14H17ClN2O3. The molecule has 1 unspecified atom stereocenters. The number of benzene rings is 1. The van der Waals surface area contributed by atoms with Crippen molar-refractivity contribution in [2.24, 2.45) is 5.73 Å². The van der Waals surface area contributed by atoms with E-state index in [0.717, 1.165) is 0 Å². The summed E-state index contributed by atoms with van der Waals surface area (Å²) in [6.45, 7) is 1.97. The van der Waals surface area contributed by atoms with E-state index in [4.69, 9.17) is 33.2 Å². The Morgan fingerprint density at radius 1 is 1.60 bits per heavy atom. The van der Waals surface area contributed by atoms with Crippen LogP contribution in [0.15, 0.2) is 12.1 Å². The highest BCUT2D eigenvalue weighted by Crippen LogP contribution is 2.35. The van der Waals surface area contributed by atoms with E-state index in [1.54, 1.807) is 19.1 Å². The van der Waals surface area contributed by atoms with Crippen LogP contribution in [0.25, 0.3) is 0 Å². The zero-order valence-electron chi connectivity index (χ0n) is 11.4. The summed E-state index contributed by atoms with van der Waals surface area (Å²) >= 11 is 5.95. The predicted molar refractivity (Wildman–Crippen MR) is 77.8 cm³/mol. The molecule has 0 fully saturated rings. The molecule has 0 heterocycles. The van der Waals surface area contributed by atoms with Crippen molar-refractivity contribution in [1.82, 2.24) is 5.32 Å². The van der Waals surface area contributed by atoms with Gasteiger partial charge in [0.1, 0.15) is 0 Å². The predicted octanol–water partition coefficient (Wildman–Crippen LogP) is 1.32. The van der Waals surface area contributed by atoms with E-state index in [9.17, 15) is 4.79 Å². The number of amides is 1. The average molecular weight is 297 g/mol. The minimum Gasteiger partial charge on any atom is -0.493 e. The second-order valence-electron chi connectivity index (χ2n) is 3.98. The second-order valence-corrected chi connectivity index (χ2v) is 4.42. The molecule has 0 bridgehead atoms. The van der Waals surface area contributed by atoms with Gasteiger partial charge in [0.2, 0.25) is 0 Å². The molecule has 1 aromatic carbocycles. The third-order valence-corrected chi connectivity index (χ3v) is 2.78. The summed E-state index contributed by atoms with van der Waals surface area (Å²) in [6, 6.07) is 3.27. The molecule has 1 atom stereocenters. The standard InChI is InChI=1S/C14H17ClN2O3/c1-4-5-17-14(18)9(2)20-13-10(8-16)6-11(15)7-12(13)19-3/h1,6-7,9H,5,8,16H2,2-3H3,(H,17,18). The van der Waals surface area contributed by atoms with Gasteiger partial charge >= 0.3 is 0 Å². The number of carbonyl (C=O) groups excluding carboxylic acids is 1. The van der Waals surface area contributed by atoms with Gasteiger partial charge < -0.3 is 20.5 Å². The number of ether oxygens (including phenoxy) is 2. The molecule has 0 aromatic heterocycles. The first-order valence-electron chi connectivity index (χ1n) is 5.97. The highest BCUT2D eigenvalue weighted by molar-refractivity contribution is 6.30. The van der Waals surface area contributed by atoms with Crippen molar-refractivity contribution < 1.29 is 14.3 Å². The summed E-state index contributed by atoms with van der Waals surface area (Å²) in [7, 11) is 1.49. The molecule has 6 heteroatoms. The van der Waals surface area contributed by atoms with E-state index in [1.165, 1.54) is 7.11 Å². The van der Waals surface area contributed by atoms with Gasteiger partial charge in [0.15, 0.2) is 17.6 Å². The highest BCUT2D eigenvalue weighted by atomic mass is 35.5. The van der Waals surface area contributed by atoms with E-state index >= 15 is 0 Å². The molecule has 108 valence electrons. The number of hydrogen-bond donors (Lipinski definition) is 2. The van der Waals surface area contributed by atoms with E-state index in [2.05, 4.69) is 11.2 Å². The minimum atomic E-state index is -0.733. The molecule has 1 aromatic rings. The number of hydrogen-bond acceptors (Lipinski definition) is 4. The van der Waals surface area contributed by atoms with E-state index in [1.807, 2.05) is 0 Å². The first-order valence-corrected chi connectivity index (χ1v) is 6.35. The fourth-order valence-electron chi connectivity index (χ4n) is 1.57. The van der Waals surface area contributed by atoms with Gasteiger partial charge in [-0.2, -0.15) is 0 Å². The molecule has 20 heavy (non-hydrogen) atoms. The van der Waals surface area contributed by atoms with Crippen LogP contribution in [0, 0.1) is 12.3 Å². The van der Waals surface area contributed by atoms with Crippen LogP contribution < -0.4 is 20.5 Å². The van der Waals surface area contributed by atoms with Gasteiger partial charge in [-0.15, -0.1) is 6.42 Å². The summed E-state index contributed by atoms with van der Waals surface area (Å²) in [4.78, 5) is 11.7. The topological polar surface area (TPSA) is 73.6 Å². The molecule has 0 aliphatic carbocycles. The van der Waals surface area contributed by atoms with Crippen molar-refractivity contribution >= 4 is 17.5 Å². The van der Waals surface area contributed by atoms with Crippen molar-refractivity contribution in [1.29, 1.82) is 0 Å². The Hall–Kier alpha value is -1.90. The third-order valence-electron chi connectivity index (χ3n) is 2.56. The van der Waals surface area contributed by atoms with Crippen LogP contribution in [0.4, 0.5) is 0 Å². The van der Waals surface area contributed by atoms with Crippen LogP contribution in [0.3, 0.4) is 0 Å². The second kappa shape index (κ2) is 7.63. The van der Waals surface area contributed by atoms with Crippen LogP contribution in [0.1, 0.15) is 12.5 Å². The zero-order chi connectivity index (χ0) is 15.1. The van der Waals surface area contributed by atoms with Gasteiger partial charge in [-0.05, 0) is 13.0 Å². The molecule has 0 radical (unpaired) electrons. The Morgan fingerprint density at radius 2 is 2.30 bits per heavy atom. The minimum absolute atomic E-state index is 0.147. The largest absolute Gasteiger partial charge is 0.493 e. The Labute approximate surface area is 123 Å². The monoisotopic (exact) mass is 296 g/mol. The highest BCUT2D eigenvalue weighted by Gasteiger charge is 2.19. The summed E-state index contributed by atoms with van der Waals surface area (Å²) < 4.78 is 10.8. The van der Waals surface area contributed by atoms with Gasteiger partial charge in [0.05, 0.1) is 13.7 Å². The van der Waals surface area contributed by atoms with E-state index in [-0.39, 0.29) is 19.0 Å². The smallest absolute Gasteiger partial charge is 0.261 e. The lowest BCUT2D eigenvalue weighted by atomic mass is 10.2.